The number of hydrogen-bond donors (Lipinski definition) is 0. The molecule has 0 atom stereocenters. The van der Waals surface area contributed by atoms with Crippen molar-refractivity contribution in [2.45, 2.75) is 5.03 Å². The van der Waals surface area contributed by atoms with E-state index in [1.165, 1.54) is 30.4 Å². The van der Waals surface area contributed by atoms with Crippen LogP contribution in [0.15, 0.2) is 23.6 Å². The number of aromatic nitrogens is 2. The summed E-state index contributed by atoms with van der Waals surface area (Å²) in [6.07, 6.45) is 4.14. The molecule has 62 valence electrons. The Labute approximate surface area is 78.2 Å². The number of nitrogens with zero attached hydrogens (tertiary/aromatic N) is 3. The van der Waals surface area contributed by atoms with Crippen LogP contribution in [0.4, 0.5) is 0 Å². The summed E-state index contributed by atoms with van der Waals surface area (Å²) in [6, 6.07) is 0. The van der Waals surface area contributed by atoms with E-state index in [2.05, 4.69) is 4.98 Å². The quantitative estimate of drug-likeness (QED) is 0.181. The van der Waals surface area contributed by atoms with Crippen LogP contribution in [0, 0.1) is 15.9 Å². The Hall–Kier alpha value is -0.930. The van der Waals surface area contributed by atoms with Gasteiger partial charge in [0, 0.05) is 0 Å². The highest BCUT2D eigenvalue weighted by Crippen LogP contribution is 2.17. The Morgan fingerprint density at radius 3 is 3.25 bits per heavy atom. The molecule has 1 rings (SSSR count). The minimum atomic E-state index is 0.591. The van der Waals surface area contributed by atoms with Gasteiger partial charge in [-0.2, -0.15) is 9.99 Å². The van der Waals surface area contributed by atoms with Crippen molar-refractivity contribution in [2.24, 2.45) is 0 Å². The predicted octanol–water partition coefficient (Wildman–Crippen LogP) is 0.979. The minimum Gasteiger partial charge on any atom is -0.619 e. The number of nitriles is 1. The van der Waals surface area contributed by atoms with Gasteiger partial charge < -0.3 is 5.21 Å². The zero-order valence-corrected chi connectivity index (χ0v) is 7.64. The van der Waals surface area contributed by atoms with Gasteiger partial charge >= 0.3 is 0 Å². The van der Waals surface area contributed by atoms with E-state index in [1.807, 2.05) is 5.40 Å². The minimum absolute atomic E-state index is 0.591. The van der Waals surface area contributed by atoms with Gasteiger partial charge in [0.25, 0.3) is 0 Å². The number of hydrogen-bond acceptors (Lipinski definition) is 5. The molecule has 0 N–H and O–H groups in total. The van der Waals surface area contributed by atoms with Crippen LogP contribution >= 0.6 is 23.5 Å². The molecule has 0 aliphatic carbocycles. The predicted molar refractivity (Wildman–Crippen MR) is 47.1 cm³/mol. The maximum Gasteiger partial charge on any atom is 0.212 e. The molecule has 0 fully saturated rings. The highest BCUT2D eigenvalue weighted by Gasteiger charge is 1.98. The van der Waals surface area contributed by atoms with Gasteiger partial charge in [0.05, 0.1) is 11.3 Å². The van der Waals surface area contributed by atoms with Gasteiger partial charge in [-0.3, -0.25) is 0 Å². The van der Waals surface area contributed by atoms with Crippen molar-refractivity contribution < 1.29 is 4.73 Å². The molecule has 0 unspecified atom stereocenters. The molecule has 6 heteroatoms. The molecule has 4 nitrogen and oxygen atoms in total. The number of thioether (sulfide) groups is 2. The third kappa shape index (κ3) is 2.98. The van der Waals surface area contributed by atoms with Crippen LogP contribution in [-0.2, 0) is 0 Å². The molecule has 0 spiro atoms. The van der Waals surface area contributed by atoms with Crippen molar-refractivity contribution in [1.29, 1.82) is 5.26 Å². The fourth-order valence-corrected chi connectivity index (χ4v) is 1.79. The second-order valence-electron chi connectivity index (χ2n) is 1.75. The Balaban J connectivity index is 2.48. The van der Waals surface area contributed by atoms with Gasteiger partial charge in [-0.05, 0) is 11.8 Å². The molecule has 1 aromatic heterocycles. The van der Waals surface area contributed by atoms with Crippen molar-refractivity contribution >= 4 is 23.5 Å². The van der Waals surface area contributed by atoms with E-state index >= 15 is 0 Å². The molecule has 0 radical (unpaired) electrons. The summed E-state index contributed by atoms with van der Waals surface area (Å²) in [6.45, 7) is 0. The summed E-state index contributed by atoms with van der Waals surface area (Å²) in [4.78, 5) is 3.93. The molecular weight excluding hydrogens is 194 g/mol. The van der Waals surface area contributed by atoms with Gasteiger partial charge in [-0.1, -0.05) is 11.8 Å². The second-order valence-corrected chi connectivity index (χ2v) is 3.87. The normalized spacial score (nSPS) is 9.25. The maximum atomic E-state index is 10.7. The van der Waals surface area contributed by atoms with E-state index in [0.717, 1.165) is 11.8 Å². The first-order valence-corrected chi connectivity index (χ1v) is 4.98. The van der Waals surface area contributed by atoms with E-state index in [-0.39, 0.29) is 0 Å². The average molecular weight is 199 g/mol. The van der Waals surface area contributed by atoms with Crippen LogP contribution in [0.3, 0.4) is 0 Å². The summed E-state index contributed by atoms with van der Waals surface area (Å²) < 4.78 is 0.687. The maximum absolute atomic E-state index is 10.7. The molecule has 0 amide bonds. The van der Waals surface area contributed by atoms with Gasteiger partial charge in [0.2, 0.25) is 6.20 Å². The lowest BCUT2D eigenvalue weighted by Crippen LogP contribution is -2.24. The van der Waals surface area contributed by atoms with Crippen molar-refractivity contribution in [1.82, 2.24) is 4.98 Å². The zero-order valence-electron chi connectivity index (χ0n) is 6.01. The molecule has 0 aromatic carbocycles. The van der Waals surface area contributed by atoms with E-state index in [0.29, 0.717) is 14.8 Å². The average Bonchev–Trinajstić information content (AvgIpc) is 2.05. The monoisotopic (exact) mass is 199 g/mol. The lowest BCUT2D eigenvalue weighted by Gasteiger charge is -1.96. The second kappa shape index (κ2) is 4.85. The van der Waals surface area contributed by atoms with Crippen molar-refractivity contribution in [3.8, 4) is 5.40 Å². The molecule has 1 heterocycles. The van der Waals surface area contributed by atoms with Crippen molar-refractivity contribution in [3.63, 3.8) is 0 Å². The molecule has 1 aromatic rings. The van der Waals surface area contributed by atoms with Gasteiger partial charge in [-0.15, -0.1) is 0 Å². The van der Waals surface area contributed by atoms with Crippen LogP contribution in [0.2, 0.25) is 0 Å². The Kier molecular flexibility index (Phi) is 3.70. The first-order chi connectivity index (χ1) is 5.83. The lowest BCUT2D eigenvalue weighted by atomic mass is 10.8. The van der Waals surface area contributed by atoms with E-state index < -0.39 is 0 Å². The van der Waals surface area contributed by atoms with Gasteiger partial charge in [0.15, 0.2) is 11.2 Å². The Morgan fingerprint density at radius 1 is 1.75 bits per heavy atom. The van der Waals surface area contributed by atoms with Gasteiger partial charge in [0.1, 0.15) is 5.40 Å². The van der Waals surface area contributed by atoms with Crippen LogP contribution in [-0.4, -0.2) is 10.1 Å². The topological polar surface area (TPSA) is 63.6 Å². The van der Waals surface area contributed by atoms with E-state index in [4.69, 9.17) is 5.26 Å². The molecular formula is C6H5N3OS2. The molecule has 0 aliphatic heterocycles. The fraction of sp³-hybridized carbons (Fsp3) is 0.167. The molecule has 0 bridgehead atoms. The summed E-state index contributed by atoms with van der Waals surface area (Å²) in [5.74, 6) is 0. The van der Waals surface area contributed by atoms with Crippen LogP contribution in [0.5, 0.6) is 0 Å². The fourth-order valence-electron chi connectivity index (χ4n) is 0.548. The lowest BCUT2D eigenvalue weighted by molar-refractivity contribution is -0.608. The summed E-state index contributed by atoms with van der Waals surface area (Å²) in [7, 11) is 0. The Morgan fingerprint density at radius 2 is 2.58 bits per heavy atom. The van der Waals surface area contributed by atoms with E-state index in [9.17, 15) is 5.21 Å². The van der Waals surface area contributed by atoms with E-state index in [1.54, 1.807) is 0 Å². The molecule has 0 saturated heterocycles. The smallest absolute Gasteiger partial charge is 0.212 e. The molecule has 0 aliphatic rings. The zero-order chi connectivity index (χ0) is 8.81. The number of thiocyanates is 1. The van der Waals surface area contributed by atoms with Crippen LogP contribution in [0.25, 0.3) is 0 Å². The molecule has 0 saturated carbocycles. The largest absolute Gasteiger partial charge is 0.619 e. The number of rotatable bonds is 3. The van der Waals surface area contributed by atoms with Crippen LogP contribution < -0.4 is 4.73 Å². The molecule has 12 heavy (non-hydrogen) atoms. The SMILES string of the molecule is N#CSCSc1c[n+]([O-])ccn1. The third-order valence-electron chi connectivity index (χ3n) is 0.983. The highest BCUT2D eigenvalue weighted by atomic mass is 32.2. The van der Waals surface area contributed by atoms with Gasteiger partial charge in [-0.25, -0.2) is 4.98 Å². The highest BCUT2D eigenvalue weighted by molar-refractivity contribution is 8.18. The summed E-state index contributed by atoms with van der Waals surface area (Å²) in [5, 5.41) is 22.1. The van der Waals surface area contributed by atoms with Crippen molar-refractivity contribution in [3.05, 3.63) is 23.8 Å². The first kappa shape index (κ1) is 9.16. The standard InChI is InChI=1S/C6H5N3OS2/c7-4-11-5-12-6-3-9(10)2-1-8-6/h1-3H,5H2. The van der Waals surface area contributed by atoms with Crippen molar-refractivity contribution in [2.75, 3.05) is 5.08 Å². The third-order valence-corrected chi connectivity index (χ3v) is 2.56. The summed E-state index contributed by atoms with van der Waals surface area (Å²) in [5.41, 5.74) is 0. The Bertz CT molecular complexity index is 299. The first-order valence-electron chi connectivity index (χ1n) is 3.01. The van der Waals surface area contributed by atoms with Crippen LogP contribution in [0.1, 0.15) is 0 Å². The summed E-state index contributed by atoms with van der Waals surface area (Å²) >= 11 is 2.49.